The SMILES string of the molecule is C.C.C.C.C.Cc1cc2c(cc1C)CN(C(C)(C)C)C2.Cc1cc2c(cc1C)N(C(C)(C)C)CC2.Cc1ccc2c(c1C)CCN2C(C)(C)C.Cc1ccc2c(c1C)CN(C(C)(C)C)C2.Cc1ccc2c(c1C)N(C(C)(C)C)CC2. The molecule has 450 valence electrons. The number of benzene rings is 5. The van der Waals surface area contributed by atoms with Gasteiger partial charge in [-0.15, -0.1) is 0 Å². The van der Waals surface area contributed by atoms with Gasteiger partial charge >= 0.3 is 0 Å². The van der Waals surface area contributed by atoms with Crippen molar-refractivity contribution >= 4 is 17.1 Å². The molecule has 0 aromatic heterocycles. The van der Waals surface area contributed by atoms with Crippen molar-refractivity contribution in [3.63, 3.8) is 0 Å². The Hall–Kier alpha value is -4.58. The Morgan fingerprint density at radius 2 is 0.637 bits per heavy atom. The second-order valence-corrected chi connectivity index (χ2v) is 28.2. The van der Waals surface area contributed by atoms with E-state index in [1.54, 1.807) is 11.1 Å². The zero-order valence-corrected chi connectivity index (χ0v) is 52.6. The molecule has 80 heavy (non-hydrogen) atoms. The summed E-state index contributed by atoms with van der Waals surface area (Å²) in [6.45, 7) is 64.5. The first-order valence-electron chi connectivity index (χ1n) is 28.8. The minimum atomic E-state index is 0. The van der Waals surface area contributed by atoms with Gasteiger partial charge in [0.1, 0.15) is 0 Å². The summed E-state index contributed by atoms with van der Waals surface area (Å²) in [5.41, 5.74) is 30.7. The molecule has 5 heteroatoms. The van der Waals surface area contributed by atoms with E-state index in [4.69, 9.17) is 0 Å². The summed E-state index contributed by atoms with van der Waals surface area (Å²) in [5, 5.41) is 0. The molecule has 5 aliphatic rings. The van der Waals surface area contributed by atoms with E-state index in [1.807, 2.05) is 0 Å². The first-order valence-corrected chi connectivity index (χ1v) is 28.8. The zero-order chi connectivity index (χ0) is 56.1. The third kappa shape index (κ3) is 16.8. The standard InChI is InChI=1S/5C14H21N.5CH4/c1-10-6-12-8-15(14(3,4)5)9-13(12)7-11(10)2;1-10-8-12-6-7-15(14(3,4)5)13(12)9-11(10)2;1-10-6-7-12-8-15(14(3,4)5)9-13(12)11(10)2;1-10-6-7-13-12(11(10)2)8-9-15(13)14(3,4)5;1-10-6-7-12-8-9-15(14(3,4)5)13(12)11(10)2;;;;;/h6-7H,8-9H2,1-5H3;8-9H,6-7H2,1-5H3;3*6-7H,8-9H2,1-5H3;5*1H4. The summed E-state index contributed by atoms with van der Waals surface area (Å²) < 4.78 is 0. The number of hydrogen-bond acceptors (Lipinski definition) is 5. The van der Waals surface area contributed by atoms with E-state index in [2.05, 4.69) is 258 Å². The Kier molecular flexibility index (Phi) is 25.4. The molecular weight excluding hydrogens is 971 g/mol. The van der Waals surface area contributed by atoms with Gasteiger partial charge in [-0.2, -0.15) is 0 Å². The van der Waals surface area contributed by atoms with Crippen LogP contribution in [0.2, 0.25) is 0 Å². The maximum Gasteiger partial charge on any atom is 0.0436 e. The lowest BCUT2D eigenvalue weighted by molar-refractivity contribution is 0.136. The van der Waals surface area contributed by atoms with E-state index in [0.29, 0.717) is 0 Å². The van der Waals surface area contributed by atoms with Gasteiger partial charge in [0.2, 0.25) is 0 Å². The Labute approximate surface area is 497 Å². The van der Waals surface area contributed by atoms with E-state index in [9.17, 15) is 0 Å². The predicted octanol–water partition coefficient (Wildman–Crippen LogP) is 20.4. The molecule has 0 fully saturated rings. The lowest BCUT2D eigenvalue weighted by Crippen LogP contribution is -2.40. The zero-order valence-electron chi connectivity index (χ0n) is 52.6. The first kappa shape index (κ1) is 73.4. The van der Waals surface area contributed by atoms with Gasteiger partial charge in [-0.3, -0.25) is 9.80 Å². The predicted molar refractivity (Wildman–Crippen MR) is 364 cm³/mol. The third-order valence-electron chi connectivity index (χ3n) is 17.5. The van der Waals surface area contributed by atoms with Crippen molar-refractivity contribution in [2.45, 2.75) is 283 Å². The topological polar surface area (TPSA) is 16.2 Å². The molecule has 10 rings (SSSR count). The molecule has 0 bridgehead atoms. The summed E-state index contributed by atoms with van der Waals surface area (Å²) in [6, 6.07) is 23.0. The smallest absolute Gasteiger partial charge is 0.0436 e. The van der Waals surface area contributed by atoms with Crippen LogP contribution in [-0.2, 0) is 45.4 Å². The van der Waals surface area contributed by atoms with E-state index in [0.717, 1.165) is 26.2 Å². The monoisotopic (exact) mass is 1100 g/mol. The molecule has 0 unspecified atom stereocenters. The molecule has 5 heterocycles. The van der Waals surface area contributed by atoms with Crippen LogP contribution in [0.5, 0.6) is 0 Å². The van der Waals surface area contributed by atoms with Crippen LogP contribution in [0.1, 0.15) is 236 Å². The van der Waals surface area contributed by atoms with Crippen LogP contribution >= 0.6 is 0 Å². The van der Waals surface area contributed by atoms with E-state index in [-0.39, 0.29) is 64.8 Å². The Bertz CT molecular complexity index is 2780. The third-order valence-corrected chi connectivity index (χ3v) is 17.5. The van der Waals surface area contributed by atoms with Crippen LogP contribution in [0.4, 0.5) is 17.1 Å². The Balaban J connectivity index is 0.000000492. The molecule has 5 aliphatic heterocycles. The van der Waals surface area contributed by atoms with Gasteiger partial charge < -0.3 is 14.7 Å². The molecule has 0 saturated carbocycles. The van der Waals surface area contributed by atoms with Gasteiger partial charge in [-0.25, -0.2) is 0 Å². The highest BCUT2D eigenvalue weighted by Crippen LogP contribution is 2.40. The van der Waals surface area contributed by atoms with Crippen molar-refractivity contribution in [1.82, 2.24) is 9.80 Å². The Morgan fingerprint density at radius 3 is 1.11 bits per heavy atom. The second-order valence-electron chi connectivity index (χ2n) is 28.2. The minimum absolute atomic E-state index is 0. The van der Waals surface area contributed by atoms with Gasteiger partial charge in [0.15, 0.2) is 0 Å². The van der Waals surface area contributed by atoms with Crippen LogP contribution in [0, 0.1) is 69.2 Å². The lowest BCUT2D eigenvalue weighted by atomic mass is 10.00. The molecule has 0 radical (unpaired) electrons. The van der Waals surface area contributed by atoms with Crippen LogP contribution in [0.15, 0.2) is 60.7 Å². The van der Waals surface area contributed by atoms with Crippen LogP contribution < -0.4 is 14.7 Å². The normalized spacial score (nSPS) is 15.1. The van der Waals surface area contributed by atoms with Crippen molar-refractivity contribution in [2.24, 2.45) is 0 Å². The summed E-state index contributed by atoms with van der Waals surface area (Å²) in [4.78, 5) is 12.7. The summed E-state index contributed by atoms with van der Waals surface area (Å²) in [7, 11) is 0. The number of anilines is 3. The average Bonchev–Trinajstić information content (AvgIpc) is 4.14. The van der Waals surface area contributed by atoms with Gasteiger partial charge in [0.25, 0.3) is 0 Å². The molecule has 0 atom stereocenters. The van der Waals surface area contributed by atoms with Crippen molar-refractivity contribution in [1.29, 1.82) is 0 Å². The molecule has 0 spiro atoms. The number of nitrogens with zero attached hydrogens (tertiary/aromatic N) is 5. The van der Waals surface area contributed by atoms with E-state index in [1.165, 1.54) is 139 Å². The van der Waals surface area contributed by atoms with Gasteiger partial charge in [-0.1, -0.05) is 85.7 Å². The lowest BCUT2D eigenvalue weighted by Gasteiger charge is -2.35. The van der Waals surface area contributed by atoms with Gasteiger partial charge in [-0.05, 0) is 299 Å². The maximum absolute atomic E-state index is 2.55. The van der Waals surface area contributed by atoms with Crippen molar-refractivity contribution < 1.29 is 0 Å². The van der Waals surface area contributed by atoms with Gasteiger partial charge in [0, 0.05) is 90.6 Å². The average molecular weight is 1100 g/mol. The quantitative estimate of drug-likeness (QED) is 0.153. The first-order chi connectivity index (χ1) is 34.5. The van der Waals surface area contributed by atoms with Crippen LogP contribution in [0.3, 0.4) is 0 Å². The molecule has 0 aliphatic carbocycles. The largest absolute Gasteiger partial charge is 0.366 e. The number of aryl methyl sites for hydroxylation is 7. The molecular formula is C75H125N5. The molecule has 0 N–H and O–H groups in total. The highest BCUT2D eigenvalue weighted by atomic mass is 15.2. The highest BCUT2D eigenvalue weighted by molar-refractivity contribution is 5.67. The molecule has 5 aromatic rings. The van der Waals surface area contributed by atoms with E-state index >= 15 is 0 Å². The number of hydrogen-bond donors (Lipinski definition) is 0. The fourth-order valence-electron chi connectivity index (χ4n) is 11.7. The molecule has 0 amide bonds. The number of rotatable bonds is 0. The summed E-state index contributed by atoms with van der Waals surface area (Å²) in [6.07, 6.45) is 3.61. The minimum Gasteiger partial charge on any atom is -0.366 e. The van der Waals surface area contributed by atoms with Gasteiger partial charge in [0.05, 0.1) is 0 Å². The molecule has 5 nitrogen and oxygen atoms in total. The highest BCUT2D eigenvalue weighted by Gasteiger charge is 2.33. The Morgan fingerprint density at radius 1 is 0.287 bits per heavy atom. The molecule has 0 saturated heterocycles. The fraction of sp³-hybridized carbons (Fsp3) is 0.600. The van der Waals surface area contributed by atoms with Crippen molar-refractivity contribution in [2.75, 3.05) is 34.3 Å². The fourth-order valence-corrected chi connectivity index (χ4v) is 11.7. The second kappa shape index (κ2) is 27.7. The number of fused-ring (bicyclic) bond motifs is 5. The maximum atomic E-state index is 2.55. The summed E-state index contributed by atoms with van der Waals surface area (Å²) >= 11 is 0. The van der Waals surface area contributed by atoms with Crippen LogP contribution in [-0.4, -0.2) is 57.1 Å². The molecule has 5 aromatic carbocycles. The van der Waals surface area contributed by atoms with Crippen LogP contribution in [0.25, 0.3) is 0 Å². The van der Waals surface area contributed by atoms with E-state index < -0.39 is 0 Å². The van der Waals surface area contributed by atoms with Crippen molar-refractivity contribution in [3.05, 3.63) is 155 Å². The summed E-state index contributed by atoms with van der Waals surface area (Å²) in [5.74, 6) is 0. The van der Waals surface area contributed by atoms with Crippen molar-refractivity contribution in [3.8, 4) is 0 Å².